The number of benzene rings is 1. The van der Waals surface area contributed by atoms with E-state index in [1.165, 1.54) is 28.6 Å². The molecule has 8 heteroatoms. The Hall–Kier alpha value is -1.77. The van der Waals surface area contributed by atoms with E-state index in [0.29, 0.717) is 18.1 Å². The number of rotatable bonds is 4. The zero-order valence-electron chi connectivity index (χ0n) is 12.9. The SMILES string of the molecule is O=C(Nc1ccc(S(=O)(=O)N2CCCCC2)s1)c1cccc(F)c1. The number of hydrogen-bond donors (Lipinski definition) is 1. The van der Waals surface area contributed by atoms with Gasteiger partial charge in [-0.25, -0.2) is 12.8 Å². The highest BCUT2D eigenvalue weighted by molar-refractivity contribution is 7.91. The Labute approximate surface area is 144 Å². The van der Waals surface area contributed by atoms with Crippen molar-refractivity contribution in [2.24, 2.45) is 0 Å². The highest BCUT2D eigenvalue weighted by atomic mass is 32.2. The monoisotopic (exact) mass is 368 g/mol. The number of anilines is 1. The fraction of sp³-hybridized carbons (Fsp3) is 0.312. The Morgan fingerprint density at radius 1 is 1.12 bits per heavy atom. The lowest BCUT2D eigenvalue weighted by Crippen LogP contribution is -2.35. The van der Waals surface area contributed by atoms with Crippen LogP contribution in [0.2, 0.25) is 0 Å². The molecule has 5 nitrogen and oxygen atoms in total. The molecule has 1 aliphatic heterocycles. The van der Waals surface area contributed by atoms with Gasteiger partial charge in [-0.05, 0) is 43.2 Å². The predicted molar refractivity (Wildman–Crippen MR) is 91.3 cm³/mol. The van der Waals surface area contributed by atoms with E-state index in [1.54, 1.807) is 6.07 Å². The maximum Gasteiger partial charge on any atom is 0.256 e. The van der Waals surface area contributed by atoms with Crippen molar-refractivity contribution in [2.75, 3.05) is 18.4 Å². The molecule has 1 saturated heterocycles. The summed E-state index contributed by atoms with van der Waals surface area (Å²) in [5.41, 5.74) is 0.184. The minimum absolute atomic E-state index is 0.184. The van der Waals surface area contributed by atoms with Crippen LogP contribution < -0.4 is 5.32 Å². The van der Waals surface area contributed by atoms with E-state index in [1.807, 2.05) is 0 Å². The number of amides is 1. The summed E-state index contributed by atoms with van der Waals surface area (Å²) in [4.78, 5) is 12.1. The number of halogens is 1. The number of sulfonamides is 1. The molecule has 1 fully saturated rings. The van der Waals surface area contributed by atoms with Crippen molar-refractivity contribution >= 4 is 32.3 Å². The third kappa shape index (κ3) is 3.66. The molecule has 3 rings (SSSR count). The minimum atomic E-state index is -3.51. The molecule has 2 aromatic rings. The highest BCUT2D eigenvalue weighted by Gasteiger charge is 2.27. The predicted octanol–water partition coefficient (Wildman–Crippen LogP) is 3.31. The Kier molecular flexibility index (Phi) is 4.98. The molecule has 0 radical (unpaired) electrons. The molecular weight excluding hydrogens is 351 g/mol. The molecule has 0 bridgehead atoms. The van der Waals surface area contributed by atoms with Crippen LogP contribution in [0.5, 0.6) is 0 Å². The number of piperidine rings is 1. The third-order valence-electron chi connectivity index (χ3n) is 3.81. The second kappa shape index (κ2) is 7.00. The van der Waals surface area contributed by atoms with Gasteiger partial charge in [0.05, 0.1) is 5.00 Å². The summed E-state index contributed by atoms with van der Waals surface area (Å²) in [6, 6.07) is 8.39. The lowest BCUT2D eigenvalue weighted by molar-refractivity contribution is 0.102. The van der Waals surface area contributed by atoms with Crippen molar-refractivity contribution in [3.05, 3.63) is 47.8 Å². The van der Waals surface area contributed by atoms with E-state index in [4.69, 9.17) is 0 Å². The van der Waals surface area contributed by atoms with Crippen molar-refractivity contribution < 1.29 is 17.6 Å². The van der Waals surface area contributed by atoms with Crippen LogP contribution in [0.15, 0.2) is 40.6 Å². The summed E-state index contributed by atoms with van der Waals surface area (Å²) >= 11 is 1.01. The smallest absolute Gasteiger partial charge is 0.256 e. The molecule has 0 aliphatic carbocycles. The third-order valence-corrected chi connectivity index (χ3v) is 7.18. The van der Waals surface area contributed by atoms with Crippen molar-refractivity contribution in [1.82, 2.24) is 4.31 Å². The molecule has 128 valence electrons. The summed E-state index contributed by atoms with van der Waals surface area (Å²) in [6.45, 7) is 1.07. The Morgan fingerprint density at radius 2 is 1.88 bits per heavy atom. The van der Waals surface area contributed by atoms with Gasteiger partial charge in [-0.15, -0.1) is 11.3 Å². The van der Waals surface area contributed by atoms with Gasteiger partial charge in [-0.2, -0.15) is 4.31 Å². The lowest BCUT2D eigenvalue weighted by Gasteiger charge is -2.25. The average molecular weight is 368 g/mol. The van der Waals surface area contributed by atoms with E-state index in [2.05, 4.69) is 5.32 Å². The molecule has 1 N–H and O–H groups in total. The highest BCUT2D eigenvalue weighted by Crippen LogP contribution is 2.30. The van der Waals surface area contributed by atoms with Gasteiger partial charge in [0.2, 0.25) is 0 Å². The average Bonchev–Trinajstić information content (AvgIpc) is 3.05. The van der Waals surface area contributed by atoms with Gasteiger partial charge < -0.3 is 5.32 Å². The van der Waals surface area contributed by atoms with E-state index in [-0.39, 0.29) is 9.77 Å². The van der Waals surface area contributed by atoms with Gasteiger partial charge in [0.1, 0.15) is 10.0 Å². The number of nitrogens with zero attached hydrogens (tertiary/aromatic N) is 1. The lowest BCUT2D eigenvalue weighted by atomic mass is 10.2. The quantitative estimate of drug-likeness (QED) is 0.900. The van der Waals surface area contributed by atoms with E-state index >= 15 is 0 Å². The normalized spacial score (nSPS) is 16.0. The summed E-state index contributed by atoms with van der Waals surface area (Å²) in [7, 11) is -3.51. The Balaban J connectivity index is 1.74. The molecule has 1 amide bonds. The van der Waals surface area contributed by atoms with Crippen molar-refractivity contribution in [3.63, 3.8) is 0 Å². The number of carbonyl (C=O) groups excluding carboxylic acids is 1. The largest absolute Gasteiger partial charge is 0.314 e. The zero-order valence-corrected chi connectivity index (χ0v) is 14.5. The second-order valence-corrected chi connectivity index (χ2v) is 8.80. The van der Waals surface area contributed by atoms with Crippen molar-refractivity contribution in [3.8, 4) is 0 Å². The van der Waals surface area contributed by atoms with E-state index in [0.717, 1.165) is 36.7 Å². The maximum absolute atomic E-state index is 13.2. The van der Waals surface area contributed by atoms with Crippen molar-refractivity contribution in [2.45, 2.75) is 23.5 Å². The summed E-state index contributed by atoms with van der Waals surface area (Å²) in [6.07, 6.45) is 2.78. The first-order valence-electron chi connectivity index (χ1n) is 7.64. The minimum Gasteiger partial charge on any atom is -0.314 e. The van der Waals surface area contributed by atoms with Crippen molar-refractivity contribution in [1.29, 1.82) is 0 Å². The van der Waals surface area contributed by atoms with Gasteiger partial charge >= 0.3 is 0 Å². The second-order valence-electron chi connectivity index (χ2n) is 5.55. The molecule has 0 saturated carbocycles. The molecule has 1 aliphatic rings. The zero-order chi connectivity index (χ0) is 17.2. The standard InChI is InChI=1S/C16H17FN2O3S2/c17-13-6-4-5-12(11-13)16(20)18-14-7-8-15(23-14)24(21,22)19-9-2-1-3-10-19/h4-8,11H,1-3,9-10H2,(H,18,20). The summed E-state index contributed by atoms with van der Waals surface area (Å²) in [5, 5.41) is 3.03. The van der Waals surface area contributed by atoms with Crippen LogP contribution >= 0.6 is 11.3 Å². The number of thiophene rings is 1. The van der Waals surface area contributed by atoms with Crippen LogP contribution in [-0.2, 0) is 10.0 Å². The molecule has 0 spiro atoms. The fourth-order valence-electron chi connectivity index (χ4n) is 2.57. The van der Waals surface area contributed by atoms with Crippen LogP contribution in [-0.4, -0.2) is 31.7 Å². The van der Waals surface area contributed by atoms with Gasteiger partial charge in [-0.3, -0.25) is 4.79 Å². The van der Waals surface area contributed by atoms with Crippen LogP contribution in [0.25, 0.3) is 0 Å². The number of hydrogen-bond acceptors (Lipinski definition) is 4. The Bertz CT molecular complexity index is 843. The first-order chi connectivity index (χ1) is 11.5. The van der Waals surface area contributed by atoms with Crippen LogP contribution in [0.1, 0.15) is 29.6 Å². The summed E-state index contributed by atoms with van der Waals surface area (Å²) in [5.74, 6) is -0.972. The maximum atomic E-state index is 13.2. The van der Waals surface area contributed by atoms with Gasteiger partial charge in [0.15, 0.2) is 0 Å². The number of carbonyl (C=O) groups is 1. The first-order valence-corrected chi connectivity index (χ1v) is 9.89. The molecule has 2 heterocycles. The van der Waals surface area contributed by atoms with Crippen LogP contribution in [0, 0.1) is 5.82 Å². The molecule has 1 aromatic carbocycles. The van der Waals surface area contributed by atoms with Gasteiger partial charge in [0.25, 0.3) is 15.9 Å². The van der Waals surface area contributed by atoms with Crippen LogP contribution in [0.4, 0.5) is 9.39 Å². The molecular formula is C16H17FN2O3S2. The molecule has 24 heavy (non-hydrogen) atoms. The Morgan fingerprint density at radius 3 is 2.58 bits per heavy atom. The number of nitrogens with one attached hydrogen (secondary N) is 1. The van der Waals surface area contributed by atoms with E-state index < -0.39 is 21.7 Å². The van der Waals surface area contributed by atoms with Crippen LogP contribution in [0.3, 0.4) is 0 Å². The summed E-state index contributed by atoms with van der Waals surface area (Å²) < 4.78 is 40.0. The van der Waals surface area contributed by atoms with Gasteiger partial charge in [-0.1, -0.05) is 12.5 Å². The molecule has 1 aromatic heterocycles. The topological polar surface area (TPSA) is 66.5 Å². The fourth-order valence-corrected chi connectivity index (χ4v) is 5.45. The van der Waals surface area contributed by atoms with E-state index in [9.17, 15) is 17.6 Å². The molecule has 0 atom stereocenters. The first kappa shape index (κ1) is 17.1. The van der Waals surface area contributed by atoms with Gasteiger partial charge in [0, 0.05) is 18.7 Å². The molecule has 0 unspecified atom stereocenters.